The highest BCUT2D eigenvalue weighted by Gasteiger charge is 2.49. The molecule has 0 atom stereocenters. The first-order chi connectivity index (χ1) is 12.7. The van der Waals surface area contributed by atoms with Crippen LogP contribution in [0.25, 0.3) is 0 Å². The van der Waals surface area contributed by atoms with Crippen LogP contribution in [0.2, 0.25) is 5.02 Å². The van der Waals surface area contributed by atoms with Crippen molar-refractivity contribution in [2.45, 2.75) is 30.8 Å². The minimum Gasteiger partial charge on any atom is -0.489 e. The van der Waals surface area contributed by atoms with Gasteiger partial charge in [-0.15, -0.1) is 0 Å². The molecular formula is C19H21ClFNO4S. The molecule has 1 aliphatic carbocycles. The Morgan fingerprint density at radius 1 is 1.19 bits per heavy atom. The molecule has 0 unspecified atom stereocenters. The summed E-state index contributed by atoms with van der Waals surface area (Å²) in [5.41, 5.74) is 1.44. The van der Waals surface area contributed by atoms with Crippen molar-refractivity contribution in [3.63, 3.8) is 0 Å². The lowest BCUT2D eigenvalue weighted by molar-refractivity contribution is -0.0495. The molecule has 1 saturated carbocycles. The summed E-state index contributed by atoms with van der Waals surface area (Å²) in [4.78, 5) is -0.0666. The highest BCUT2D eigenvalue weighted by molar-refractivity contribution is 7.85. The molecule has 2 fully saturated rings. The lowest BCUT2D eigenvalue weighted by Crippen LogP contribution is -2.62. The fourth-order valence-corrected chi connectivity index (χ4v) is 3.91. The molecule has 2 aliphatic rings. The fourth-order valence-electron chi connectivity index (χ4n) is 3.22. The molecule has 0 aromatic heterocycles. The van der Waals surface area contributed by atoms with Crippen LogP contribution in [0.15, 0.2) is 47.4 Å². The molecule has 146 valence electrons. The van der Waals surface area contributed by atoms with E-state index in [1.54, 1.807) is 18.2 Å². The molecule has 0 amide bonds. The predicted molar refractivity (Wildman–Crippen MR) is 101 cm³/mol. The average Bonchev–Trinajstić information content (AvgIpc) is 2.50. The second-order valence-electron chi connectivity index (χ2n) is 7.11. The van der Waals surface area contributed by atoms with Crippen molar-refractivity contribution in [1.82, 2.24) is 5.32 Å². The summed E-state index contributed by atoms with van der Waals surface area (Å²) in [6, 6.07) is 10.2. The van der Waals surface area contributed by atoms with Gasteiger partial charge in [0.25, 0.3) is 10.1 Å². The van der Waals surface area contributed by atoms with Gasteiger partial charge in [-0.1, -0.05) is 29.3 Å². The molecule has 5 nitrogen and oxygen atoms in total. The van der Waals surface area contributed by atoms with Gasteiger partial charge in [0.05, 0.1) is 9.92 Å². The Kier molecular flexibility index (Phi) is 5.76. The van der Waals surface area contributed by atoms with E-state index in [2.05, 4.69) is 5.32 Å². The molecule has 2 N–H and O–H groups in total. The Hall–Kier alpha value is -1.67. The topological polar surface area (TPSA) is 75.6 Å². The lowest BCUT2D eigenvalue weighted by atomic mass is 9.63. The number of ether oxygens (including phenoxy) is 1. The lowest BCUT2D eigenvalue weighted by Gasteiger charge is -2.53. The van der Waals surface area contributed by atoms with Gasteiger partial charge in [-0.3, -0.25) is 4.55 Å². The third kappa shape index (κ3) is 4.99. The summed E-state index contributed by atoms with van der Waals surface area (Å²) in [6.45, 7) is 4.04. The third-order valence-electron chi connectivity index (χ3n) is 4.83. The molecule has 0 radical (unpaired) electrons. The molecule has 4 rings (SSSR count). The first kappa shape index (κ1) is 20.1. The van der Waals surface area contributed by atoms with Gasteiger partial charge in [0.15, 0.2) is 0 Å². The number of halogens is 2. The quantitative estimate of drug-likeness (QED) is 0.747. The normalized spacial score (nSPS) is 18.1. The summed E-state index contributed by atoms with van der Waals surface area (Å²) < 4.78 is 48.1. The molecule has 1 aliphatic heterocycles. The predicted octanol–water partition coefficient (Wildman–Crippen LogP) is 3.85. The van der Waals surface area contributed by atoms with Gasteiger partial charge in [-0.05, 0) is 50.1 Å². The maximum absolute atomic E-state index is 12.8. The van der Waals surface area contributed by atoms with Crippen LogP contribution in [0.4, 0.5) is 4.39 Å². The Bertz CT molecular complexity index is 906. The Balaban J connectivity index is 0.000000168. The van der Waals surface area contributed by atoms with E-state index in [-0.39, 0.29) is 16.8 Å². The van der Waals surface area contributed by atoms with Crippen LogP contribution in [0, 0.1) is 18.2 Å². The van der Waals surface area contributed by atoms with Gasteiger partial charge in [-0.25, -0.2) is 4.39 Å². The van der Waals surface area contributed by atoms with Crippen molar-refractivity contribution < 1.29 is 22.1 Å². The van der Waals surface area contributed by atoms with Gasteiger partial charge >= 0.3 is 0 Å². The van der Waals surface area contributed by atoms with Gasteiger partial charge in [-0.2, -0.15) is 8.42 Å². The average molecular weight is 414 g/mol. The molecule has 27 heavy (non-hydrogen) atoms. The van der Waals surface area contributed by atoms with Crippen LogP contribution in [0.1, 0.15) is 18.4 Å². The van der Waals surface area contributed by atoms with Crippen molar-refractivity contribution in [2.24, 2.45) is 5.41 Å². The minimum atomic E-state index is -4.02. The summed E-state index contributed by atoms with van der Waals surface area (Å²) in [5.74, 6) is 0.265. The maximum atomic E-state index is 12.8. The van der Waals surface area contributed by atoms with Crippen molar-refractivity contribution in [3.05, 3.63) is 58.9 Å². The molecule has 2 aromatic rings. The van der Waals surface area contributed by atoms with Crippen LogP contribution >= 0.6 is 11.6 Å². The minimum absolute atomic E-state index is 0.0666. The molecule has 1 spiro atoms. The van der Waals surface area contributed by atoms with Crippen molar-refractivity contribution in [3.8, 4) is 5.75 Å². The van der Waals surface area contributed by atoms with Crippen molar-refractivity contribution >= 4 is 21.7 Å². The van der Waals surface area contributed by atoms with Gasteiger partial charge in [0.2, 0.25) is 0 Å². The van der Waals surface area contributed by atoms with Crippen molar-refractivity contribution in [2.75, 3.05) is 13.1 Å². The highest BCUT2D eigenvalue weighted by Crippen LogP contribution is 2.46. The summed E-state index contributed by atoms with van der Waals surface area (Å²) in [6.07, 6.45) is 2.39. The van der Waals surface area contributed by atoms with E-state index < -0.39 is 10.1 Å². The van der Waals surface area contributed by atoms with E-state index >= 15 is 0 Å². The second kappa shape index (κ2) is 7.75. The standard InChI is InChI=1S/C12H13ClFNO.C7H8O3S/c13-10-3-8(14)1-2-11(10)16-9-4-12(5-9)6-15-7-12;1-6-2-4-7(5-3-6)11(8,9)10/h1-3,9,15H,4-7H2;2-5H,1H3,(H,8,9,10). The Morgan fingerprint density at radius 3 is 2.30 bits per heavy atom. The number of hydrogen-bond donors (Lipinski definition) is 2. The first-order valence-corrected chi connectivity index (χ1v) is 10.4. The first-order valence-electron chi connectivity index (χ1n) is 8.54. The smallest absolute Gasteiger partial charge is 0.294 e. The van der Waals surface area contributed by atoms with Gasteiger partial charge in [0, 0.05) is 18.5 Å². The third-order valence-corrected chi connectivity index (χ3v) is 5.99. The highest BCUT2D eigenvalue weighted by atomic mass is 35.5. The van der Waals surface area contributed by atoms with E-state index in [1.807, 2.05) is 6.92 Å². The Morgan fingerprint density at radius 2 is 1.81 bits per heavy atom. The molecular weight excluding hydrogens is 393 g/mol. The van der Waals surface area contributed by atoms with Gasteiger partial charge in [0.1, 0.15) is 17.7 Å². The van der Waals surface area contributed by atoms with Gasteiger partial charge < -0.3 is 10.1 Å². The molecule has 1 saturated heterocycles. The summed E-state index contributed by atoms with van der Waals surface area (Å²) in [7, 11) is -4.02. The van der Waals surface area contributed by atoms with E-state index in [4.69, 9.17) is 20.9 Å². The maximum Gasteiger partial charge on any atom is 0.294 e. The van der Waals surface area contributed by atoms with E-state index in [1.165, 1.54) is 24.3 Å². The second-order valence-corrected chi connectivity index (χ2v) is 8.94. The Labute approximate surface area is 163 Å². The zero-order valence-corrected chi connectivity index (χ0v) is 16.4. The van der Waals surface area contributed by atoms with Crippen LogP contribution in [-0.4, -0.2) is 32.2 Å². The zero-order valence-electron chi connectivity index (χ0n) is 14.8. The fraction of sp³-hybridized carbons (Fsp3) is 0.368. The number of hydrogen-bond acceptors (Lipinski definition) is 4. The number of nitrogens with one attached hydrogen (secondary N) is 1. The summed E-state index contributed by atoms with van der Waals surface area (Å²) >= 11 is 5.90. The monoisotopic (exact) mass is 413 g/mol. The molecule has 8 heteroatoms. The van der Waals surface area contributed by atoms with Crippen LogP contribution in [-0.2, 0) is 10.1 Å². The van der Waals surface area contributed by atoms with E-state index in [0.717, 1.165) is 31.5 Å². The largest absolute Gasteiger partial charge is 0.489 e. The number of benzene rings is 2. The molecule has 2 aromatic carbocycles. The van der Waals surface area contributed by atoms with E-state index in [9.17, 15) is 12.8 Å². The van der Waals surface area contributed by atoms with E-state index in [0.29, 0.717) is 16.2 Å². The number of rotatable bonds is 3. The van der Waals surface area contributed by atoms with Crippen LogP contribution < -0.4 is 10.1 Å². The SMILES string of the molecule is Cc1ccc(S(=O)(=O)O)cc1.Fc1ccc(OC2CC3(CNC3)C2)c(Cl)c1. The van der Waals surface area contributed by atoms with Crippen molar-refractivity contribution in [1.29, 1.82) is 0 Å². The van der Waals surface area contributed by atoms with Crippen LogP contribution in [0.5, 0.6) is 5.75 Å². The molecule has 0 bridgehead atoms. The number of aryl methyl sites for hydroxylation is 1. The summed E-state index contributed by atoms with van der Waals surface area (Å²) in [5, 5.41) is 3.63. The molecule has 1 heterocycles. The van der Waals surface area contributed by atoms with Crippen LogP contribution in [0.3, 0.4) is 0 Å². The zero-order chi connectivity index (χ0) is 19.7.